The molecule has 3 aromatic rings. The molecule has 136 valence electrons. The predicted molar refractivity (Wildman–Crippen MR) is 108 cm³/mol. The lowest BCUT2D eigenvalue weighted by Crippen LogP contribution is -2.37. The summed E-state index contributed by atoms with van der Waals surface area (Å²) in [6.07, 6.45) is 1.60. The van der Waals surface area contributed by atoms with E-state index in [1.165, 1.54) is 0 Å². The van der Waals surface area contributed by atoms with E-state index in [2.05, 4.69) is 27.0 Å². The van der Waals surface area contributed by atoms with Crippen LogP contribution in [0.15, 0.2) is 57.9 Å². The Kier molecular flexibility index (Phi) is 4.86. The number of hydrogen-bond donors (Lipinski definition) is 1. The topological polar surface area (TPSA) is 53.2 Å². The Balaban J connectivity index is 1.50. The van der Waals surface area contributed by atoms with E-state index in [9.17, 15) is 8.42 Å². The van der Waals surface area contributed by atoms with Crippen molar-refractivity contribution in [2.45, 2.75) is 23.7 Å². The van der Waals surface area contributed by atoms with E-state index in [1.54, 1.807) is 28.6 Å². The number of halogens is 2. The molecule has 7 heteroatoms. The standard InChI is InChI=1S/C19H18BrClN2O2S/c20-15-1-4-17(5-2-15)26(24,25)23-9-7-13(8-10-23)19-12-14-11-16(21)3-6-18(14)22-19/h1-6,11-13,22H,7-10H2. The van der Waals surface area contributed by atoms with Crippen LogP contribution in [0.1, 0.15) is 24.5 Å². The largest absolute Gasteiger partial charge is 0.358 e. The first kappa shape index (κ1) is 18.0. The molecule has 0 atom stereocenters. The number of aromatic nitrogens is 1. The fourth-order valence-corrected chi connectivity index (χ4v) is 5.42. The first-order chi connectivity index (χ1) is 12.4. The third kappa shape index (κ3) is 3.43. The summed E-state index contributed by atoms with van der Waals surface area (Å²) in [5.74, 6) is 0.331. The van der Waals surface area contributed by atoms with Crippen molar-refractivity contribution in [2.24, 2.45) is 0 Å². The number of piperidine rings is 1. The number of benzene rings is 2. The Hall–Kier alpha value is -1.34. The summed E-state index contributed by atoms with van der Waals surface area (Å²) in [5.41, 5.74) is 2.22. The van der Waals surface area contributed by atoms with E-state index in [1.807, 2.05) is 18.2 Å². The zero-order valence-electron chi connectivity index (χ0n) is 14.0. The van der Waals surface area contributed by atoms with Crippen molar-refractivity contribution >= 4 is 48.5 Å². The van der Waals surface area contributed by atoms with Gasteiger partial charge in [0.1, 0.15) is 0 Å². The lowest BCUT2D eigenvalue weighted by atomic mass is 9.95. The van der Waals surface area contributed by atoms with Crippen LogP contribution in [0.5, 0.6) is 0 Å². The lowest BCUT2D eigenvalue weighted by Gasteiger charge is -2.30. The maximum atomic E-state index is 12.8. The van der Waals surface area contributed by atoms with Gasteiger partial charge in [0.05, 0.1) is 4.90 Å². The van der Waals surface area contributed by atoms with Gasteiger partial charge in [-0.1, -0.05) is 27.5 Å². The van der Waals surface area contributed by atoms with Crippen molar-refractivity contribution in [3.8, 4) is 0 Å². The van der Waals surface area contributed by atoms with Gasteiger partial charge in [-0.3, -0.25) is 0 Å². The molecule has 4 nitrogen and oxygen atoms in total. The highest BCUT2D eigenvalue weighted by Crippen LogP contribution is 2.32. The fraction of sp³-hybridized carbons (Fsp3) is 0.263. The molecule has 2 aromatic carbocycles. The molecule has 26 heavy (non-hydrogen) atoms. The molecule has 2 heterocycles. The summed E-state index contributed by atoms with van der Waals surface area (Å²) < 4.78 is 28.1. The summed E-state index contributed by atoms with van der Waals surface area (Å²) >= 11 is 9.40. The average Bonchev–Trinajstić information content (AvgIpc) is 3.05. The smallest absolute Gasteiger partial charge is 0.243 e. The number of rotatable bonds is 3. The molecule has 0 unspecified atom stereocenters. The van der Waals surface area contributed by atoms with E-state index in [0.717, 1.165) is 38.9 Å². The minimum Gasteiger partial charge on any atom is -0.358 e. The van der Waals surface area contributed by atoms with Crippen LogP contribution >= 0.6 is 27.5 Å². The van der Waals surface area contributed by atoms with Crippen LogP contribution in [0.3, 0.4) is 0 Å². The van der Waals surface area contributed by atoms with Gasteiger partial charge in [-0.05, 0) is 61.4 Å². The molecular weight excluding hydrogens is 436 g/mol. The van der Waals surface area contributed by atoms with Crippen LogP contribution in [0.25, 0.3) is 10.9 Å². The number of hydrogen-bond acceptors (Lipinski definition) is 2. The second-order valence-electron chi connectivity index (χ2n) is 6.59. The zero-order valence-corrected chi connectivity index (χ0v) is 17.1. The first-order valence-corrected chi connectivity index (χ1v) is 11.1. The van der Waals surface area contributed by atoms with Gasteiger partial charge >= 0.3 is 0 Å². The molecule has 0 aliphatic carbocycles. The van der Waals surface area contributed by atoms with Crippen LogP contribution in [0.4, 0.5) is 0 Å². The van der Waals surface area contributed by atoms with Crippen LogP contribution in [-0.4, -0.2) is 30.8 Å². The zero-order chi connectivity index (χ0) is 18.3. The van der Waals surface area contributed by atoms with Gasteiger partial charge in [-0.25, -0.2) is 8.42 Å². The van der Waals surface area contributed by atoms with E-state index >= 15 is 0 Å². The van der Waals surface area contributed by atoms with Gasteiger partial charge in [-0.15, -0.1) is 0 Å². The summed E-state index contributed by atoms with van der Waals surface area (Å²) in [7, 11) is -3.43. The first-order valence-electron chi connectivity index (χ1n) is 8.47. The van der Waals surface area contributed by atoms with Crippen molar-refractivity contribution < 1.29 is 8.42 Å². The molecule has 0 saturated carbocycles. The second kappa shape index (κ2) is 7.00. The highest BCUT2D eigenvalue weighted by molar-refractivity contribution is 9.10. The maximum Gasteiger partial charge on any atom is 0.243 e. The molecule has 0 bridgehead atoms. The molecule has 1 saturated heterocycles. The van der Waals surface area contributed by atoms with E-state index in [0.29, 0.717) is 23.9 Å². The van der Waals surface area contributed by atoms with Gasteiger partial charge in [0.2, 0.25) is 10.0 Å². The molecule has 1 aliphatic heterocycles. The number of nitrogens with one attached hydrogen (secondary N) is 1. The van der Waals surface area contributed by atoms with Gasteiger partial charge < -0.3 is 4.98 Å². The monoisotopic (exact) mass is 452 g/mol. The Morgan fingerprint density at radius 3 is 2.42 bits per heavy atom. The number of H-pyrrole nitrogens is 1. The summed E-state index contributed by atoms with van der Waals surface area (Å²) in [6.45, 7) is 1.05. The van der Waals surface area contributed by atoms with Crippen molar-refractivity contribution in [1.82, 2.24) is 9.29 Å². The number of fused-ring (bicyclic) bond motifs is 1. The van der Waals surface area contributed by atoms with E-state index in [4.69, 9.17) is 11.6 Å². The molecule has 4 rings (SSSR count). The van der Waals surface area contributed by atoms with Gasteiger partial charge in [0, 0.05) is 45.1 Å². The minimum absolute atomic E-state index is 0.331. The van der Waals surface area contributed by atoms with Gasteiger partial charge in [0.25, 0.3) is 0 Å². The molecule has 1 aromatic heterocycles. The molecule has 1 N–H and O–H groups in total. The maximum absolute atomic E-state index is 12.8. The SMILES string of the molecule is O=S(=O)(c1ccc(Br)cc1)N1CCC(c2cc3cc(Cl)ccc3[nH]2)CC1. The van der Waals surface area contributed by atoms with Crippen molar-refractivity contribution in [3.63, 3.8) is 0 Å². The predicted octanol–water partition coefficient (Wildman–Crippen LogP) is 5.15. The minimum atomic E-state index is -3.43. The normalized spacial score (nSPS) is 17.0. The molecule has 0 amide bonds. The Morgan fingerprint density at radius 1 is 1.04 bits per heavy atom. The van der Waals surface area contributed by atoms with Crippen LogP contribution in [-0.2, 0) is 10.0 Å². The van der Waals surface area contributed by atoms with E-state index < -0.39 is 10.0 Å². The molecule has 0 spiro atoms. The van der Waals surface area contributed by atoms with Crippen LogP contribution in [0, 0.1) is 0 Å². The number of nitrogens with zero attached hydrogens (tertiary/aromatic N) is 1. The molecule has 0 radical (unpaired) electrons. The Morgan fingerprint density at radius 2 is 1.73 bits per heavy atom. The molecule has 1 fully saturated rings. The van der Waals surface area contributed by atoms with Gasteiger partial charge in [0.15, 0.2) is 0 Å². The van der Waals surface area contributed by atoms with E-state index in [-0.39, 0.29) is 0 Å². The number of sulfonamides is 1. The summed E-state index contributed by atoms with van der Waals surface area (Å²) in [6, 6.07) is 14.7. The number of aromatic amines is 1. The third-order valence-corrected chi connectivity index (χ3v) is 7.63. The molecule has 1 aliphatic rings. The second-order valence-corrected chi connectivity index (χ2v) is 9.88. The lowest BCUT2D eigenvalue weighted by molar-refractivity contribution is 0.317. The van der Waals surface area contributed by atoms with Crippen molar-refractivity contribution in [2.75, 3.05) is 13.1 Å². The average molecular weight is 454 g/mol. The summed E-state index contributed by atoms with van der Waals surface area (Å²) in [4.78, 5) is 3.80. The summed E-state index contributed by atoms with van der Waals surface area (Å²) in [5, 5.41) is 1.82. The van der Waals surface area contributed by atoms with Gasteiger partial charge in [-0.2, -0.15) is 4.31 Å². The highest BCUT2D eigenvalue weighted by atomic mass is 79.9. The van der Waals surface area contributed by atoms with Crippen molar-refractivity contribution in [1.29, 1.82) is 0 Å². The fourth-order valence-electron chi connectivity index (χ4n) is 3.51. The highest BCUT2D eigenvalue weighted by Gasteiger charge is 2.30. The Labute approximate surface area is 166 Å². The molecular formula is C19H18BrClN2O2S. The Bertz CT molecular complexity index is 1040. The third-order valence-electron chi connectivity index (χ3n) is 4.95. The van der Waals surface area contributed by atoms with Crippen LogP contribution in [0.2, 0.25) is 5.02 Å². The van der Waals surface area contributed by atoms with Crippen LogP contribution < -0.4 is 0 Å². The van der Waals surface area contributed by atoms with Crippen molar-refractivity contribution in [3.05, 3.63) is 63.7 Å². The quantitative estimate of drug-likeness (QED) is 0.596.